The lowest BCUT2D eigenvalue weighted by molar-refractivity contribution is 0.952. The van der Waals surface area contributed by atoms with Crippen molar-refractivity contribution in [2.24, 2.45) is 0 Å². The lowest BCUT2D eigenvalue weighted by Gasteiger charge is -2.01. The Bertz CT molecular complexity index is 497. The predicted octanol–water partition coefficient (Wildman–Crippen LogP) is 2.70. The lowest BCUT2D eigenvalue weighted by Crippen LogP contribution is -1.90. The monoisotopic (exact) mass is 270 g/mol. The fourth-order valence-electron chi connectivity index (χ4n) is 1.09. The molecule has 0 fully saturated rings. The molecule has 16 heavy (non-hydrogen) atoms. The average Bonchev–Trinajstić information content (AvgIpc) is 2.70. The maximum atomic E-state index is 5.65. The predicted molar refractivity (Wildman–Crippen MR) is 69.2 cm³/mol. The summed E-state index contributed by atoms with van der Waals surface area (Å²) < 4.78 is 1.88. The van der Waals surface area contributed by atoms with Crippen LogP contribution >= 0.6 is 34.9 Å². The summed E-state index contributed by atoms with van der Waals surface area (Å²) in [7, 11) is 0. The van der Waals surface area contributed by atoms with E-state index in [1.165, 1.54) is 11.8 Å². The molecule has 0 saturated heterocycles. The van der Waals surface area contributed by atoms with Crippen LogP contribution in [0.2, 0.25) is 0 Å². The van der Waals surface area contributed by atoms with Gasteiger partial charge in [0.1, 0.15) is 5.03 Å². The van der Waals surface area contributed by atoms with Crippen LogP contribution in [-0.2, 0) is 0 Å². The van der Waals surface area contributed by atoms with Crippen LogP contribution in [0.1, 0.15) is 5.56 Å². The molecule has 0 aliphatic heterocycles. The van der Waals surface area contributed by atoms with Crippen LogP contribution in [-0.4, -0.2) is 21.4 Å². The summed E-state index contributed by atoms with van der Waals surface area (Å²) >= 11 is 4.70. The zero-order valence-corrected chi connectivity index (χ0v) is 11.2. The van der Waals surface area contributed by atoms with Crippen LogP contribution in [0.3, 0.4) is 0 Å². The Morgan fingerprint density at radius 2 is 2.06 bits per heavy atom. The highest BCUT2D eigenvalue weighted by Crippen LogP contribution is 2.33. The third-order valence-corrected chi connectivity index (χ3v) is 4.87. The van der Waals surface area contributed by atoms with Gasteiger partial charge in [-0.15, -0.1) is 10.2 Å². The van der Waals surface area contributed by atoms with E-state index in [2.05, 4.69) is 15.2 Å². The molecule has 0 saturated carbocycles. The Kier molecular flexibility index (Phi) is 3.67. The molecule has 0 aliphatic carbocycles. The molecule has 2 N–H and O–H groups in total. The van der Waals surface area contributed by atoms with E-state index in [1.54, 1.807) is 29.3 Å². The maximum Gasteiger partial charge on any atom is 0.181 e. The highest BCUT2D eigenvalue weighted by Gasteiger charge is 2.08. The summed E-state index contributed by atoms with van der Waals surface area (Å²) in [6, 6.07) is 1.91. The van der Waals surface area contributed by atoms with E-state index in [1.807, 2.05) is 19.2 Å². The second-order valence-corrected chi connectivity index (χ2v) is 6.30. The van der Waals surface area contributed by atoms with E-state index in [-0.39, 0.29) is 0 Å². The number of aryl methyl sites for hydroxylation is 1. The third kappa shape index (κ3) is 2.66. The van der Waals surface area contributed by atoms with Gasteiger partial charge in [0.2, 0.25) is 0 Å². The summed E-state index contributed by atoms with van der Waals surface area (Å²) in [4.78, 5) is 4.28. The minimum atomic E-state index is 0.684. The van der Waals surface area contributed by atoms with E-state index in [0.29, 0.717) is 5.69 Å². The number of nitrogens with two attached hydrogens (primary N) is 1. The standard InChI is InChI=1S/C9H10N4S3/c1-5-3-6(10)4-11-7(5)15-9-13-12-8(14-2)16-9/h3-4H,10H2,1-2H3. The molecule has 0 spiro atoms. The molecule has 0 atom stereocenters. The topological polar surface area (TPSA) is 64.7 Å². The number of thioether (sulfide) groups is 1. The number of rotatable bonds is 3. The van der Waals surface area contributed by atoms with Crippen molar-refractivity contribution in [2.45, 2.75) is 20.6 Å². The molecule has 0 amide bonds. The second-order valence-electron chi connectivity index (χ2n) is 3.03. The van der Waals surface area contributed by atoms with Crippen molar-refractivity contribution in [1.29, 1.82) is 0 Å². The zero-order chi connectivity index (χ0) is 11.5. The van der Waals surface area contributed by atoms with Crippen LogP contribution in [0.25, 0.3) is 0 Å². The van der Waals surface area contributed by atoms with Crippen molar-refractivity contribution >= 4 is 40.5 Å². The first-order chi connectivity index (χ1) is 7.69. The summed E-state index contributed by atoms with van der Waals surface area (Å²) in [5.74, 6) is 0. The van der Waals surface area contributed by atoms with E-state index < -0.39 is 0 Å². The van der Waals surface area contributed by atoms with E-state index in [0.717, 1.165) is 19.3 Å². The molecule has 0 aromatic carbocycles. The smallest absolute Gasteiger partial charge is 0.181 e. The molecule has 0 radical (unpaired) electrons. The molecule has 7 heteroatoms. The Morgan fingerprint density at radius 3 is 2.69 bits per heavy atom. The Balaban J connectivity index is 2.20. The number of hydrogen-bond donors (Lipinski definition) is 1. The highest BCUT2D eigenvalue weighted by atomic mass is 32.2. The minimum Gasteiger partial charge on any atom is -0.397 e. The van der Waals surface area contributed by atoms with Gasteiger partial charge in [0.15, 0.2) is 8.68 Å². The molecule has 0 unspecified atom stereocenters. The zero-order valence-electron chi connectivity index (χ0n) is 8.80. The Morgan fingerprint density at radius 1 is 1.31 bits per heavy atom. The van der Waals surface area contributed by atoms with E-state index in [4.69, 9.17) is 5.73 Å². The average molecular weight is 270 g/mol. The van der Waals surface area contributed by atoms with Crippen molar-refractivity contribution < 1.29 is 0 Å². The SMILES string of the molecule is CSc1nnc(Sc2ncc(N)cc2C)s1. The molecular formula is C9H10N4S3. The fraction of sp³-hybridized carbons (Fsp3) is 0.222. The number of hydrogen-bond acceptors (Lipinski definition) is 7. The van der Waals surface area contributed by atoms with Crippen molar-refractivity contribution in [3.63, 3.8) is 0 Å². The summed E-state index contributed by atoms with van der Waals surface area (Å²) in [6.45, 7) is 1.99. The van der Waals surface area contributed by atoms with Gasteiger partial charge in [-0.25, -0.2) is 4.98 Å². The largest absolute Gasteiger partial charge is 0.397 e. The van der Waals surface area contributed by atoms with Gasteiger partial charge in [-0.1, -0.05) is 23.1 Å². The van der Waals surface area contributed by atoms with Gasteiger partial charge in [0, 0.05) is 0 Å². The van der Waals surface area contributed by atoms with Gasteiger partial charge in [0.25, 0.3) is 0 Å². The number of pyridine rings is 1. The van der Waals surface area contributed by atoms with Gasteiger partial charge in [-0.3, -0.25) is 0 Å². The summed E-state index contributed by atoms with van der Waals surface area (Å²) in [5.41, 5.74) is 7.39. The molecule has 0 bridgehead atoms. The number of nitrogen functional groups attached to an aromatic ring is 1. The van der Waals surface area contributed by atoms with Gasteiger partial charge in [-0.05, 0) is 36.6 Å². The lowest BCUT2D eigenvalue weighted by atomic mass is 10.3. The van der Waals surface area contributed by atoms with E-state index in [9.17, 15) is 0 Å². The van der Waals surface area contributed by atoms with Crippen LogP contribution in [0.15, 0.2) is 26.0 Å². The molecule has 2 aromatic rings. The molecule has 84 valence electrons. The molecular weight excluding hydrogens is 260 g/mol. The van der Waals surface area contributed by atoms with Crippen molar-refractivity contribution in [3.8, 4) is 0 Å². The molecule has 2 rings (SSSR count). The molecule has 4 nitrogen and oxygen atoms in total. The van der Waals surface area contributed by atoms with Crippen LogP contribution in [0.5, 0.6) is 0 Å². The molecule has 2 aromatic heterocycles. The third-order valence-electron chi connectivity index (χ3n) is 1.80. The second kappa shape index (κ2) is 5.03. The quantitative estimate of drug-likeness (QED) is 0.865. The van der Waals surface area contributed by atoms with Crippen molar-refractivity contribution in [2.75, 3.05) is 12.0 Å². The number of nitrogens with zero attached hydrogens (tertiary/aromatic N) is 3. The first-order valence-electron chi connectivity index (χ1n) is 4.46. The van der Waals surface area contributed by atoms with Gasteiger partial charge in [-0.2, -0.15) is 0 Å². The summed E-state index contributed by atoms with van der Waals surface area (Å²) in [5, 5.41) is 9.05. The highest BCUT2D eigenvalue weighted by molar-refractivity contribution is 8.03. The summed E-state index contributed by atoms with van der Waals surface area (Å²) in [6.07, 6.45) is 3.65. The van der Waals surface area contributed by atoms with Crippen molar-refractivity contribution in [3.05, 3.63) is 17.8 Å². The van der Waals surface area contributed by atoms with Gasteiger partial charge < -0.3 is 5.73 Å². The first kappa shape index (κ1) is 11.7. The van der Waals surface area contributed by atoms with E-state index >= 15 is 0 Å². The first-order valence-corrected chi connectivity index (χ1v) is 7.32. The Labute approximate surface area is 106 Å². The normalized spacial score (nSPS) is 10.6. The number of aromatic nitrogens is 3. The molecule has 2 heterocycles. The number of anilines is 1. The van der Waals surface area contributed by atoms with Crippen LogP contribution < -0.4 is 5.73 Å². The van der Waals surface area contributed by atoms with Gasteiger partial charge >= 0.3 is 0 Å². The van der Waals surface area contributed by atoms with Crippen LogP contribution in [0.4, 0.5) is 5.69 Å². The van der Waals surface area contributed by atoms with Gasteiger partial charge in [0.05, 0.1) is 11.9 Å². The molecule has 0 aliphatic rings. The minimum absolute atomic E-state index is 0.684. The van der Waals surface area contributed by atoms with Crippen molar-refractivity contribution in [1.82, 2.24) is 15.2 Å². The van der Waals surface area contributed by atoms with Crippen LogP contribution in [0, 0.1) is 6.92 Å². The Hall–Kier alpha value is -0.790. The maximum absolute atomic E-state index is 5.65. The fourth-order valence-corrected chi connectivity index (χ4v) is 3.47.